The van der Waals surface area contributed by atoms with E-state index in [9.17, 15) is 0 Å². The highest BCUT2D eigenvalue weighted by atomic mass is 16.5. The topological polar surface area (TPSA) is 63.5 Å². The molecule has 118 valence electrons. The van der Waals surface area contributed by atoms with Crippen LogP contribution in [0.25, 0.3) is 0 Å². The molecular weight excluding hydrogens is 266 g/mol. The Kier molecular flexibility index (Phi) is 6.53. The summed E-state index contributed by atoms with van der Waals surface area (Å²) in [5, 5.41) is 10.8. The number of aromatic nitrogens is 2. The van der Waals surface area contributed by atoms with Gasteiger partial charge in [-0.05, 0) is 37.2 Å². The van der Waals surface area contributed by atoms with Gasteiger partial charge >= 0.3 is 0 Å². The van der Waals surface area contributed by atoms with Gasteiger partial charge in [-0.3, -0.25) is 9.67 Å². The molecule has 1 fully saturated rings. The van der Waals surface area contributed by atoms with Crippen molar-refractivity contribution < 1.29 is 4.74 Å². The predicted molar refractivity (Wildman–Crippen MR) is 84.4 cm³/mol. The largest absolute Gasteiger partial charge is 0.381 e. The van der Waals surface area contributed by atoms with Crippen LogP contribution in [0.15, 0.2) is 17.4 Å². The molecule has 0 saturated heterocycles. The van der Waals surface area contributed by atoms with Crippen molar-refractivity contribution in [1.82, 2.24) is 20.4 Å². The molecule has 0 amide bonds. The quantitative estimate of drug-likeness (QED) is 0.404. The standard InChI is InChI=1S/C15H27N5O/c1-16-15(17-7-3-9-21-12-13-4-5-13)18-8-6-14-10-19-20(2)11-14/h10-11,13H,3-9,12H2,1-2H3,(H2,16,17,18). The molecule has 1 aliphatic rings. The molecule has 2 N–H and O–H groups in total. The molecule has 0 aromatic carbocycles. The number of aryl methyl sites for hydroxylation is 1. The van der Waals surface area contributed by atoms with Crippen molar-refractivity contribution in [2.45, 2.75) is 25.7 Å². The SMILES string of the molecule is CN=C(NCCCOCC1CC1)NCCc1cnn(C)c1. The van der Waals surface area contributed by atoms with Gasteiger partial charge in [-0.25, -0.2) is 0 Å². The summed E-state index contributed by atoms with van der Waals surface area (Å²) < 4.78 is 7.43. The first kappa shape index (κ1) is 15.8. The normalized spacial score (nSPS) is 15.2. The molecule has 1 aromatic heterocycles. The maximum atomic E-state index is 5.60. The lowest BCUT2D eigenvalue weighted by Crippen LogP contribution is -2.39. The molecule has 1 saturated carbocycles. The van der Waals surface area contributed by atoms with Gasteiger partial charge in [0.1, 0.15) is 0 Å². The Balaban J connectivity index is 1.49. The number of nitrogens with zero attached hydrogens (tertiary/aromatic N) is 3. The molecule has 6 heteroatoms. The summed E-state index contributed by atoms with van der Waals surface area (Å²) in [5.41, 5.74) is 1.23. The molecule has 21 heavy (non-hydrogen) atoms. The molecule has 0 spiro atoms. The highest BCUT2D eigenvalue weighted by Gasteiger charge is 2.20. The summed E-state index contributed by atoms with van der Waals surface area (Å²) in [6, 6.07) is 0. The van der Waals surface area contributed by atoms with Crippen molar-refractivity contribution in [3.63, 3.8) is 0 Å². The Bertz CT molecular complexity index is 439. The average molecular weight is 293 g/mol. The summed E-state index contributed by atoms with van der Waals surface area (Å²) in [6.07, 6.45) is 8.59. The van der Waals surface area contributed by atoms with Gasteiger partial charge in [0, 0.05) is 46.6 Å². The van der Waals surface area contributed by atoms with Crippen LogP contribution in [0.4, 0.5) is 0 Å². The minimum atomic E-state index is 0.830. The van der Waals surface area contributed by atoms with E-state index in [1.807, 2.05) is 24.1 Å². The zero-order valence-electron chi connectivity index (χ0n) is 13.1. The van der Waals surface area contributed by atoms with E-state index in [1.54, 1.807) is 7.05 Å². The molecule has 1 aromatic rings. The van der Waals surface area contributed by atoms with E-state index in [-0.39, 0.29) is 0 Å². The molecule has 0 bridgehead atoms. The van der Waals surface area contributed by atoms with Gasteiger partial charge in [-0.2, -0.15) is 5.10 Å². The average Bonchev–Trinajstić information content (AvgIpc) is 3.22. The highest BCUT2D eigenvalue weighted by molar-refractivity contribution is 5.79. The van der Waals surface area contributed by atoms with E-state index < -0.39 is 0 Å². The monoisotopic (exact) mass is 293 g/mol. The summed E-state index contributed by atoms with van der Waals surface area (Å²) in [7, 11) is 3.73. The van der Waals surface area contributed by atoms with Crippen LogP contribution in [0.1, 0.15) is 24.8 Å². The van der Waals surface area contributed by atoms with Crippen LogP contribution >= 0.6 is 0 Å². The van der Waals surface area contributed by atoms with E-state index >= 15 is 0 Å². The minimum absolute atomic E-state index is 0.830. The number of aliphatic imine (C=N–C) groups is 1. The van der Waals surface area contributed by atoms with Crippen molar-refractivity contribution in [2.24, 2.45) is 18.0 Å². The van der Waals surface area contributed by atoms with Crippen LogP contribution in [0.2, 0.25) is 0 Å². The number of ether oxygens (including phenoxy) is 1. The van der Waals surface area contributed by atoms with E-state index in [0.717, 1.165) is 51.0 Å². The van der Waals surface area contributed by atoms with Crippen LogP contribution in [0.3, 0.4) is 0 Å². The molecule has 1 heterocycles. The number of guanidine groups is 1. The third-order valence-electron chi connectivity index (χ3n) is 3.50. The zero-order chi connectivity index (χ0) is 14.9. The van der Waals surface area contributed by atoms with Crippen molar-refractivity contribution in [2.75, 3.05) is 33.4 Å². The van der Waals surface area contributed by atoms with Gasteiger partial charge in [0.05, 0.1) is 6.20 Å². The molecule has 1 aliphatic carbocycles. The lowest BCUT2D eigenvalue weighted by Gasteiger charge is -2.11. The van der Waals surface area contributed by atoms with Crippen molar-refractivity contribution >= 4 is 5.96 Å². The van der Waals surface area contributed by atoms with Crippen LogP contribution in [-0.2, 0) is 18.2 Å². The van der Waals surface area contributed by atoms with Crippen LogP contribution in [0.5, 0.6) is 0 Å². The van der Waals surface area contributed by atoms with Crippen LogP contribution in [-0.4, -0.2) is 49.1 Å². The van der Waals surface area contributed by atoms with Gasteiger partial charge in [-0.1, -0.05) is 0 Å². The Morgan fingerprint density at radius 1 is 1.43 bits per heavy atom. The second-order valence-electron chi connectivity index (χ2n) is 5.57. The fourth-order valence-corrected chi connectivity index (χ4v) is 2.06. The number of hydrogen-bond donors (Lipinski definition) is 2. The second kappa shape index (κ2) is 8.67. The van der Waals surface area contributed by atoms with Gasteiger partial charge in [-0.15, -0.1) is 0 Å². The van der Waals surface area contributed by atoms with E-state index in [0.29, 0.717) is 0 Å². The lowest BCUT2D eigenvalue weighted by molar-refractivity contribution is 0.123. The third kappa shape index (κ3) is 6.62. The summed E-state index contributed by atoms with van der Waals surface area (Å²) in [4.78, 5) is 4.21. The highest BCUT2D eigenvalue weighted by Crippen LogP contribution is 2.28. The Morgan fingerprint density at radius 3 is 2.90 bits per heavy atom. The van der Waals surface area contributed by atoms with Gasteiger partial charge in [0.2, 0.25) is 0 Å². The molecule has 6 nitrogen and oxygen atoms in total. The Morgan fingerprint density at radius 2 is 2.24 bits per heavy atom. The Hall–Kier alpha value is -1.56. The van der Waals surface area contributed by atoms with Crippen molar-refractivity contribution in [1.29, 1.82) is 0 Å². The van der Waals surface area contributed by atoms with Gasteiger partial charge in [0.15, 0.2) is 5.96 Å². The third-order valence-corrected chi connectivity index (χ3v) is 3.50. The summed E-state index contributed by atoms with van der Waals surface area (Å²) >= 11 is 0. The van der Waals surface area contributed by atoms with Crippen molar-refractivity contribution in [3.8, 4) is 0 Å². The number of hydrogen-bond acceptors (Lipinski definition) is 3. The summed E-state index contributed by atoms with van der Waals surface area (Å²) in [5.74, 6) is 1.70. The summed E-state index contributed by atoms with van der Waals surface area (Å²) in [6.45, 7) is 3.51. The van der Waals surface area contributed by atoms with Gasteiger partial charge in [0.25, 0.3) is 0 Å². The molecular formula is C15H27N5O. The molecule has 0 aliphatic heterocycles. The lowest BCUT2D eigenvalue weighted by atomic mass is 10.2. The first-order valence-corrected chi connectivity index (χ1v) is 7.77. The predicted octanol–water partition coefficient (Wildman–Crippen LogP) is 0.944. The molecule has 0 radical (unpaired) electrons. The fraction of sp³-hybridized carbons (Fsp3) is 0.733. The molecule has 0 atom stereocenters. The van der Waals surface area contributed by atoms with E-state index in [2.05, 4.69) is 20.7 Å². The maximum absolute atomic E-state index is 5.60. The van der Waals surface area contributed by atoms with Crippen LogP contribution in [0, 0.1) is 5.92 Å². The maximum Gasteiger partial charge on any atom is 0.190 e. The molecule has 0 unspecified atom stereocenters. The van der Waals surface area contributed by atoms with Gasteiger partial charge < -0.3 is 15.4 Å². The smallest absolute Gasteiger partial charge is 0.190 e. The number of nitrogens with one attached hydrogen (secondary N) is 2. The second-order valence-corrected chi connectivity index (χ2v) is 5.57. The number of rotatable bonds is 9. The first-order valence-electron chi connectivity index (χ1n) is 7.77. The minimum Gasteiger partial charge on any atom is -0.381 e. The first-order chi connectivity index (χ1) is 10.3. The van der Waals surface area contributed by atoms with E-state index in [1.165, 1.54) is 18.4 Å². The van der Waals surface area contributed by atoms with Crippen LogP contribution < -0.4 is 10.6 Å². The fourth-order valence-electron chi connectivity index (χ4n) is 2.06. The Labute approximate surface area is 127 Å². The zero-order valence-corrected chi connectivity index (χ0v) is 13.1. The van der Waals surface area contributed by atoms with E-state index in [4.69, 9.17) is 4.74 Å². The molecule has 2 rings (SSSR count). The van der Waals surface area contributed by atoms with Crippen molar-refractivity contribution in [3.05, 3.63) is 18.0 Å².